The van der Waals surface area contributed by atoms with Gasteiger partial charge in [0.2, 0.25) is 0 Å². The molecule has 3 saturated carbocycles. The molecule has 0 amide bonds. The van der Waals surface area contributed by atoms with Crippen LogP contribution in [0.25, 0.3) is 0 Å². The lowest BCUT2D eigenvalue weighted by atomic mass is 9.47. The maximum absolute atomic E-state index is 11.6. The molecule has 0 aliphatic heterocycles. The topological polar surface area (TPSA) is 46.5 Å². The summed E-state index contributed by atoms with van der Waals surface area (Å²) in [6, 6.07) is 0. The predicted octanol–water partition coefficient (Wildman–Crippen LogP) is 4.49. The molecule has 4 aliphatic rings. The Balaban J connectivity index is 1.64. The zero-order valence-corrected chi connectivity index (χ0v) is 16.1. The van der Waals surface area contributed by atoms with Crippen LogP contribution in [0, 0.1) is 34.5 Å². The van der Waals surface area contributed by atoms with E-state index in [0.29, 0.717) is 24.4 Å². The summed E-state index contributed by atoms with van der Waals surface area (Å²) in [4.78, 5) is 11.6. The van der Waals surface area contributed by atoms with Crippen LogP contribution in [0.1, 0.15) is 72.1 Å². The monoisotopic (exact) mass is 346 g/mol. The number of allylic oxidation sites excluding steroid dienone is 1. The van der Waals surface area contributed by atoms with Gasteiger partial charge in [0.25, 0.3) is 0 Å². The van der Waals surface area contributed by atoms with Crippen molar-refractivity contribution < 1.29 is 14.6 Å². The summed E-state index contributed by atoms with van der Waals surface area (Å²) in [5.74, 6) is 2.54. The second-order valence-corrected chi connectivity index (χ2v) is 9.72. The Morgan fingerprint density at radius 2 is 2.04 bits per heavy atom. The van der Waals surface area contributed by atoms with Crippen LogP contribution in [-0.2, 0) is 9.53 Å². The van der Waals surface area contributed by atoms with Gasteiger partial charge in [-0.25, -0.2) is 0 Å². The number of aliphatic hydroxyl groups excluding tert-OH is 1. The first-order valence-electron chi connectivity index (χ1n) is 10.4. The second kappa shape index (κ2) is 6.11. The highest BCUT2D eigenvalue weighted by atomic mass is 16.5. The molecule has 3 heteroatoms. The van der Waals surface area contributed by atoms with Crippen LogP contribution in [0.2, 0.25) is 0 Å². The lowest BCUT2D eigenvalue weighted by Crippen LogP contribution is -2.53. The molecule has 0 aromatic heterocycles. The Morgan fingerprint density at radius 1 is 1.24 bits per heavy atom. The third-order valence-corrected chi connectivity index (χ3v) is 8.58. The van der Waals surface area contributed by atoms with Crippen LogP contribution in [0.3, 0.4) is 0 Å². The molecule has 0 saturated heterocycles. The third-order valence-electron chi connectivity index (χ3n) is 8.58. The number of ether oxygens (including phenoxy) is 1. The highest BCUT2D eigenvalue weighted by Gasteiger charge is 2.60. The van der Waals surface area contributed by atoms with E-state index in [0.717, 1.165) is 25.2 Å². The average molecular weight is 347 g/mol. The Morgan fingerprint density at radius 3 is 2.76 bits per heavy atom. The van der Waals surface area contributed by atoms with Crippen LogP contribution in [0.15, 0.2) is 11.6 Å². The maximum Gasteiger partial charge on any atom is 0.302 e. The minimum atomic E-state index is -0.132. The summed E-state index contributed by atoms with van der Waals surface area (Å²) >= 11 is 0. The standard InChI is InChI=1S/C22H34O3/c1-14-8-11-22(13-23)16(12-14)4-5-17-18-6-7-20(25-15(2)24)21(18,3)10-9-19(17)22/h4,14,17-20,23H,5-13H2,1-3H3/t14-,17?,18?,19?,20-,21-,22+/m0/s1. The summed E-state index contributed by atoms with van der Waals surface area (Å²) < 4.78 is 5.73. The highest BCUT2D eigenvalue weighted by molar-refractivity contribution is 5.66. The van der Waals surface area contributed by atoms with Crippen molar-refractivity contribution in [1.82, 2.24) is 0 Å². The van der Waals surface area contributed by atoms with Gasteiger partial charge in [-0.15, -0.1) is 0 Å². The largest absolute Gasteiger partial charge is 0.462 e. The van der Waals surface area contributed by atoms with Gasteiger partial charge in [0, 0.05) is 17.8 Å². The fraction of sp³-hybridized carbons (Fsp3) is 0.864. The number of carbonyl (C=O) groups excluding carboxylic acids is 1. The van der Waals surface area contributed by atoms with Gasteiger partial charge < -0.3 is 9.84 Å². The van der Waals surface area contributed by atoms with Gasteiger partial charge in [-0.1, -0.05) is 25.5 Å². The normalized spacial score (nSPS) is 48.8. The van der Waals surface area contributed by atoms with E-state index in [4.69, 9.17) is 4.74 Å². The van der Waals surface area contributed by atoms with Crippen LogP contribution in [0.4, 0.5) is 0 Å². The maximum atomic E-state index is 11.6. The van der Waals surface area contributed by atoms with Crippen molar-refractivity contribution in [2.75, 3.05) is 6.61 Å². The number of carbonyl (C=O) groups is 1. The molecule has 3 unspecified atom stereocenters. The fourth-order valence-electron chi connectivity index (χ4n) is 7.28. The molecular formula is C22H34O3. The number of aliphatic hydroxyl groups is 1. The molecule has 0 radical (unpaired) electrons. The average Bonchev–Trinajstić information content (AvgIpc) is 2.90. The van der Waals surface area contributed by atoms with Crippen LogP contribution in [0.5, 0.6) is 0 Å². The first kappa shape index (κ1) is 17.6. The van der Waals surface area contributed by atoms with Crippen molar-refractivity contribution in [3.05, 3.63) is 11.6 Å². The van der Waals surface area contributed by atoms with Gasteiger partial charge >= 0.3 is 5.97 Å². The summed E-state index contributed by atoms with van der Waals surface area (Å²) in [7, 11) is 0. The molecule has 3 nitrogen and oxygen atoms in total. The molecule has 3 fully saturated rings. The first-order chi connectivity index (χ1) is 11.9. The van der Waals surface area contributed by atoms with E-state index in [1.165, 1.54) is 32.1 Å². The lowest BCUT2D eigenvalue weighted by molar-refractivity contribution is -0.157. The summed E-state index contributed by atoms with van der Waals surface area (Å²) in [6.07, 6.45) is 11.9. The van der Waals surface area contributed by atoms with E-state index >= 15 is 0 Å². The molecule has 7 atom stereocenters. The van der Waals surface area contributed by atoms with Gasteiger partial charge in [-0.2, -0.15) is 0 Å². The Kier molecular flexibility index (Phi) is 4.30. The van der Waals surface area contributed by atoms with Crippen LogP contribution in [-0.4, -0.2) is 23.8 Å². The molecule has 1 N–H and O–H groups in total. The van der Waals surface area contributed by atoms with Crippen molar-refractivity contribution in [2.24, 2.45) is 34.5 Å². The van der Waals surface area contributed by atoms with Gasteiger partial charge in [0.05, 0.1) is 6.61 Å². The molecule has 0 heterocycles. The van der Waals surface area contributed by atoms with E-state index in [9.17, 15) is 9.90 Å². The molecular weight excluding hydrogens is 312 g/mol. The molecule has 0 bridgehead atoms. The second-order valence-electron chi connectivity index (χ2n) is 9.72. The molecule has 0 aromatic carbocycles. The lowest BCUT2D eigenvalue weighted by Gasteiger charge is -2.58. The fourth-order valence-corrected chi connectivity index (χ4v) is 7.28. The number of esters is 1. The van der Waals surface area contributed by atoms with Crippen molar-refractivity contribution >= 4 is 5.97 Å². The first-order valence-corrected chi connectivity index (χ1v) is 10.4. The van der Waals surface area contributed by atoms with Crippen LogP contribution >= 0.6 is 0 Å². The number of fused-ring (bicyclic) bond motifs is 5. The SMILES string of the molecule is CC(=O)O[C@H]1CCC2C3CC=C4C[C@@H](C)CC[C@]4(CO)C3CC[C@@]21C. The number of rotatable bonds is 2. The summed E-state index contributed by atoms with van der Waals surface area (Å²) in [5, 5.41) is 10.5. The minimum Gasteiger partial charge on any atom is -0.462 e. The van der Waals surface area contributed by atoms with Crippen molar-refractivity contribution in [2.45, 2.75) is 78.2 Å². The quantitative estimate of drug-likeness (QED) is 0.592. The molecule has 0 spiro atoms. The van der Waals surface area contributed by atoms with Gasteiger partial charge in [-0.05, 0) is 75.0 Å². The Hall–Kier alpha value is -0.830. The van der Waals surface area contributed by atoms with E-state index in [1.807, 2.05) is 0 Å². The van der Waals surface area contributed by atoms with Crippen molar-refractivity contribution in [3.63, 3.8) is 0 Å². The molecule has 0 aromatic rings. The van der Waals surface area contributed by atoms with Gasteiger partial charge in [0.1, 0.15) is 6.10 Å². The van der Waals surface area contributed by atoms with Crippen LogP contribution < -0.4 is 0 Å². The van der Waals surface area contributed by atoms with Crippen molar-refractivity contribution in [3.8, 4) is 0 Å². The third kappa shape index (κ3) is 2.52. The van der Waals surface area contributed by atoms with E-state index in [-0.39, 0.29) is 22.9 Å². The van der Waals surface area contributed by atoms with E-state index in [2.05, 4.69) is 19.9 Å². The Labute approximate surface area is 152 Å². The van der Waals surface area contributed by atoms with Gasteiger partial charge in [-0.3, -0.25) is 4.79 Å². The predicted molar refractivity (Wildman–Crippen MR) is 97.8 cm³/mol. The van der Waals surface area contributed by atoms with E-state index < -0.39 is 0 Å². The highest BCUT2D eigenvalue weighted by Crippen LogP contribution is 2.65. The molecule has 4 rings (SSSR count). The number of hydrogen-bond donors (Lipinski definition) is 1. The smallest absolute Gasteiger partial charge is 0.302 e. The summed E-state index contributed by atoms with van der Waals surface area (Å²) in [5.41, 5.74) is 1.75. The number of hydrogen-bond acceptors (Lipinski definition) is 3. The Bertz CT molecular complexity index is 582. The molecule has 25 heavy (non-hydrogen) atoms. The minimum absolute atomic E-state index is 0.0519. The van der Waals surface area contributed by atoms with Crippen molar-refractivity contribution in [1.29, 1.82) is 0 Å². The zero-order valence-electron chi connectivity index (χ0n) is 16.1. The van der Waals surface area contributed by atoms with E-state index in [1.54, 1.807) is 12.5 Å². The molecule has 4 aliphatic carbocycles. The molecule has 140 valence electrons. The summed E-state index contributed by atoms with van der Waals surface area (Å²) in [6.45, 7) is 6.58. The zero-order chi connectivity index (χ0) is 17.8. The van der Waals surface area contributed by atoms with Gasteiger partial charge in [0.15, 0.2) is 0 Å².